The van der Waals surface area contributed by atoms with Crippen LogP contribution in [0.25, 0.3) is 11.3 Å². The third-order valence-corrected chi connectivity index (χ3v) is 6.78. The smallest absolute Gasteiger partial charge is 0.277 e. The molecule has 158 valence electrons. The topological polar surface area (TPSA) is 114 Å². The molecule has 0 unspecified atom stereocenters. The summed E-state index contributed by atoms with van der Waals surface area (Å²) in [6.45, 7) is 4.02. The normalized spacial score (nSPS) is 11.3. The molecule has 0 spiro atoms. The number of nitrogens with zero attached hydrogens (tertiary/aromatic N) is 2. The van der Waals surface area contributed by atoms with Gasteiger partial charge in [0.25, 0.3) is 15.9 Å². The molecule has 4 rings (SSSR count). The van der Waals surface area contributed by atoms with Crippen molar-refractivity contribution in [1.29, 1.82) is 0 Å². The van der Waals surface area contributed by atoms with E-state index in [1.54, 1.807) is 11.4 Å². The Bertz CT molecular complexity index is 1330. The Morgan fingerprint density at radius 3 is 2.48 bits per heavy atom. The molecule has 2 aromatic carbocycles. The number of hydrogen-bond acceptors (Lipinski definition) is 7. The van der Waals surface area contributed by atoms with E-state index in [4.69, 9.17) is 4.52 Å². The number of nitrogens with one attached hydrogen (secondary N) is 2. The van der Waals surface area contributed by atoms with Gasteiger partial charge in [0, 0.05) is 28.9 Å². The number of thiazole rings is 1. The molecule has 2 heterocycles. The SMILES string of the molecule is Cc1ccc(-c2cc(C(=O)Nc3ccc(S(=O)(=O)Nc4nccs4)cc3)no2)cc1C. The van der Waals surface area contributed by atoms with Gasteiger partial charge in [-0.3, -0.25) is 9.52 Å². The molecule has 0 saturated carbocycles. The lowest BCUT2D eigenvalue weighted by molar-refractivity contribution is 0.101. The molecule has 0 radical (unpaired) electrons. The molecule has 0 saturated heterocycles. The van der Waals surface area contributed by atoms with Gasteiger partial charge in [0.1, 0.15) is 0 Å². The molecule has 0 aliphatic heterocycles. The van der Waals surface area contributed by atoms with E-state index in [2.05, 4.69) is 20.2 Å². The first-order valence-electron chi connectivity index (χ1n) is 9.20. The van der Waals surface area contributed by atoms with Gasteiger partial charge in [-0.25, -0.2) is 13.4 Å². The molecule has 0 aliphatic rings. The van der Waals surface area contributed by atoms with E-state index in [9.17, 15) is 13.2 Å². The van der Waals surface area contributed by atoms with E-state index < -0.39 is 15.9 Å². The van der Waals surface area contributed by atoms with Crippen LogP contribution in [0.4, 0.5) is 10.8 Å². The molecule has 2 aromatic heterocycles. The number of anilines is 2. The van der Waals surface area contributed by atoms with Crippen molar-refractivity contribution in [2.24, 2.45) is 0 Å². The predicted octanol–water partition coefficient (Wildman–Crippen LogP) is 4.47. The van der Waals surface area contributed by atoms with Crippen molar-refractivity contribution >= 4 is 38.1 Å². The number of aryl methyl sites for hydroxylation is 2. The summed E-state index contributed by atoms with van der Waals surface area (Å²) < 4.78 is 32.5. The van der Waals surface area contributed by atoms with Gasteiger partial charge in [-0.2, -0.15) is 0 Å². The summed E-state index contributed by atoms with van der Waals surface area (Å²) in [5.74, 6) is 0.0262. The van der Waals surface area contributed by atoms with Crippen LogP contribution in [0, 0.1) is 13.8 Å². The minimum Gasteiger partial charge on any atom is -0.355 e. The summed E-state index contributed by atoms with van der Waals surface area (Å²) in [5.41, 5.74) is 3.65. The van der Waals surface area contributed by atoms with Crippen LogP contribution in [0.5, 0.6) is 0 Å². The fourth-order valence-corrected chi connectivity index (χ4v) is 4.56. The zero-order valence-electron chi connectivity index (χ0n) is 16.6. The van der Waals surface area contributed by atoms with E-state index in [1.807, 2.05) is 32.0 Å². The number of carbonyl (C=O) groups excluding carboxylic acids is 1. The summed E-state index contributed by atoms with van der Waals surface area (Å²) in [4.78, 5) is 16.5. The number of hydrogen-bond donors (Lipinski definition) is 2. The first-order chi connectivity index (χ1) is 14.8. The number of sulfonamides is 1. The van der Waals surface area contributed by atoms with Gasteiger partial charge < -0.3 is 9.84 Å². The number of rotatable bonds is 6. The van der Waals surface area contributed by atoms with Gasteiger partial charge in [-0.15, -0.1) is 11.3 Å². The lowest BCUT2D eigenvalue weighted by atomic mass is 10.0. The second-order valence-corrected chi connectivity index (χ2v) is 9.37. The molecular weight excluding hydrogens is 436 g/mol. The molecule has 0 atom stereocenters. The maximum absolute atomic E-state index is 12.5. The molecule has 2 N–H and O–H groups in total. The van der Waals surface area contributed by atoms with Gasteiger partial charge in [0.2, 0.25) is 0 Å². The number of carbonyl (C=O) groups is 1. The van der Waals surface area contributed by atoms with Crippen LogP contribution in [0.1, 0.15) is 21.6 Å². The van der Waals surface area contributed by atoms with E-state index in [0.717, 1.165) is 16.7 Å². The largest absolute Gasteiger partial charge is 0.355 e. The quantitative estimate of drug-likeness (QED) is 0.444. The van der Waals surface area contributed by atoms with Crippen LogP contribution in [0.15, 0.2) is 69.5 Å². The first-order valence-corrected chi connectivity index (χ1v) is 11.6. The predicted molar refractivity (Wildman–Crippen MR) is 119 cm³/mol. The maximum Gasteiger partial charge on any atom is 0.277 e. The van der Waals surface area contributed by atoms with E-state index in [-0.39, 0.29) is 15.7 Å². The zero-order valence-corrected chi connectivity index (χ0v) is 18.3. The highest BCUT2D eigenvalue weighted by atomic mass is 32.2. The minimum atomic E-state index is -3.76. The van der Waals surface area contributed by atoms with Crippen molar-refractivity contribution in [3.8, 4) is 11.3 Å². The number of benzene rings is 2. The molecule has 31 heavy (non-hydrogen) atoms. The molecule has 4 aromatic rings. The third-order valence-electron chi connectivity index (χ3n) is 4.61. The summed E-state index contributed by atoms with van der Waals surface area (Å²) in [6, 6.07) is 13.2. The number of amides is 1. The fraction of sp³-hybridized carbons (Fsp3) is 0.0952. The van der Waals surface area contributed by atoms with Crippen LogP contribution in [0.3, 0.4) is 0 Å². The van der Waals surface area contributed by atoms with E-state index >= 15 is 0 Å². The molecular formula is C21H18N4O4S2. The fourth-order valence-electron chi connectivity index (χ4n) is 2.77. The van der Waals surface area contributed by atoms with Crippen molar-refractivity contribution in [2.75, 3.05) is 10.0 Å². The highest BCUT2D eigenvalue weighted by Crippen LogP contribution is 2.24. The summed E-state index contributed by atoms with van der Waals surface area (Å²) in [5, 5.41) is 8.47. The lowest BCUT2D eigenvalue weighted by Gasteiger charge is -2.07. The van der Waals surface area contributed by atoms with Gasteiger partial charge in [-0.05, 0) is 55.3 Å². The maximum atomic E-state index is 12.5. The van der Waals surface area contributed by atoms with Crippen molar-refractivity contribution in [1.82, 2.24) is 10.1 Å². The minimum absolute atomic E-state index is 0.0548. The Labute approximate surface area is 183 Å². The van der Waals surface area contributed by atoms with E-state index in [0.29, 0.717) is 11.4 Å². The van der Waals surface area contributed by atoms with Gasteiger partial charge in [-0.1, -0.05) is 17.3 Å². The van der Waals surface area contributed by atoms with Crippen molar-refractivity contribution in [2.45, 2.75) is 18.7 Å². The second kappa shape index (κ2) is 8.32. The van der Waals surface area contributed by atoms with Crippen LogP contribution in [-0.4, -0.2) is 24.5 Å². The highest BCUT2D eigenvalue weighted by molar-refractivity contribution is 7.93. The molecule has 0 aliphatic carbocycles. The van der Waals surface area contributed by atoms with Crippen LogP contribution >= 0.6 is 11.3 Å². The van der Waals surface area contributed by atoms with Gasteiger partial charge in [0.05, 0.1) is 4.90 Å². The standard InChI is InChI=1S/C21H18N4O4S2/c1-13-3-4-15(11-14(13)2)19-12-18(24-29-19)20(26)23-16-5-7-17(8-6-16)31(27,28)25-21-22-9-10-30-21/h3-12H,1-2H3,(H,22,25)(H,23,26). The monoisotopic (exact) mass is 454 g/mol. The molecule has 8 nitrogen and oxygen atoms in total. The second-order valence-electron chi connectivity index (χ2n) is 6.80. The Hall–Kier alpha value is -3.50. The summed E-state index contributed by atoms with van der Waals surface area (Å²) in [6.07, 6.45) is 1.51. The zero-order chi connectivity index (χ0) is 22.0. The van der Waals surface area contributed by atoms with Crippen molar-refractivity contribution in [3.05, 3.63) is 76.9 Å². The molecule has 0 bridgehead atoms. The summed E-state index contributed by atoms with van der Waals surface area (Å²) in [7, 11) is -3.76. The Morgan fingerprint density at radius 2 is 1.81 bits per heavy atom. The van der Waals surface area contributed by atoms with Crippen molar-refractivity contribution in [3.63, 3.8) is 0 Å². The van der Waals surface area contributed by atoms with E-state index in [1.165, 1.54) is 41.8 Å². The highest BCUT2D eigenvalue weighted by Gasteiger charge is 2.17. The average Bonchev–Trinajstić information content (AvgIpc) is 3.42. The average molecular weight is 455 g/mol. The Morgan fingerprint density at radius 1 is 1.03 bits per heavy atom. The summed E-state index contributed by atoms with van der Waals surface area (Å²) >= 11 is 1.18. The first kappa shape index (κ1) is 20.8. The number of aromatic nitrogens is 2. The van der Waals surface area contributed by atoms with Crippen molar-refractivity contribution < 1.29 is 17.7 Å². The lowest BCUT2D eigenvalue weighted by Crippen LogP contribution is -2.14. The van der Waals surface area contributed by atoms with Crippen LogP contribution in [0.2, 0.25) is 0 Å². The Kier molecular flexibility index (Phi) is 5.57. The van der Waals surface area contributed by atoms with Gasteiger partial charge in [0.15, 0.2) is 16.6 Å². The molecule has 10 heteroatoms. The third kappa shape index (κ3) is 4.65. The molecule has 1 amide bonds. The van der Waals surface area contributed by atoms with Gasteiger partial charge >= 0.3 is 0 Å². The Balaban J connectivity index is 1.45. The molecule has 0 fully saturated rings. The van der Waals surface area contributed by atoms with Crippen LogP contribution < -0.4 is 10.0 Å². The van der Waals surface area contributed by atoms with Crippen LogP contribution in [-0.2, 0) is 10.0 Å².